The van der Waals surface area contributed by atoms with E-state index in [0.717, 1.165) is 11.1 Å². The van der Waals surface area contributed by atoms with E-state index in [-0.39, 0.29) is 13.4 Å². The minimum absolute atomic E-state index is 0.104. The van der Waals surface area contributed by atoms with Crippen molar-refractivity contribution in [3.8, 4) is 22.3 Å². The molecule has 9 rings (SSSR count). The van der Waals surface area contributed by atoms with Crippen LogP contribution < -0.4 is 37.7 Å². The fourth-order valence-electron chi connectivity index (χ4n) is 7.96. The molecule has 0 aromatic heterocycles. The van der Waals surface area contributed by atoms with Gasteiger partial charge in [-0.3, -0.25) is 0 Å². The van der Waals surface area contributed by atoms with E-state index < -0.39 is 0 Å². The predicted octanol–water partition coefficient (Wildman–Crippen LogP) is 7.44. The van der Waals surface area contributed by atoms with Crippen LogP contribution in [-0.2, 0) is 0 Å². The van der Waals surface area contributed by atoms with Crippen molar-refractivity contribution in [3.05, 3.63) is 188 Å². The number of nitrogens with zero attached hydrogens (tertiary/aromatic N) is 1. The summed E-state index contributed by atoms with van der Waals surface area (Å²) in [5.41, 5.74) is 18.8. The Morgan fingerprint density at radius 1 is 0.388 bits per heavy atom. The van der Waals surface area contributed by atoms with Crippen molar-refractivity contribution in [2.75, 3.05) is 4.90 Å². The Morgan fingerprint density at radius 3 is 1.47 bits per heavy atom. The van der Waals surface area contributed by atoms with Gasteiger partial charge in [-0.15, -0.1) is 0 Å². The number of para-hydroxylation sites is 2. The van der Waals surface area contributed by atoms with Gasteiger partial charge in [0, 0.05) is 17.1 Å². The Morgan fingerprint density at radius 2 is 0.857 bits per heavy atom. The molecule has 0 atom stereocenters. The SMILES string of the molecule is C=Cc1ccc(-c2ccc(B3c4ccccc4N4c5cc(-c6ccc(C=C)cc6)ccc5B(c5ccccc5)c5cccc3c54)cc2)cc1. The first-order valence-electron chi connectivity index (χ1n) is 17.0. The topological polar surface area (TPSA) is 3.24 Å². The van der Waals surface area contributed by atoms with Crippen LogP contribution in [0.1, 0.15) is 11.1 Å². The van der Waals surface area contributed by atoms with E-state index in [1.54, 1.807) is 0 Å². The van der Waals surface area contributed by atoms with Gasteiger partial charge in [0.2, 0.25) is 13.4 Å². The van der Waals surface area contributed by atoms with Gasteiger partial charge in [-0.2, -0.15) is 0 Å². The Hall–Kier alpha value is -6.05. The van der Waals surface area contributed by atoms with Crippen LogP contribution in [-0.4, -0.2) is 13.4 Å². The van der Waals surface area contributed by atoms with Crippen LogP contribution in [0.5, 0.6) is 0 Å². The summed E-state index contributed by atoms with van der Waals surface area (Å²) in [6, 6.07) is 60.5. The Kier molecular flexibility index (Phi) is 7.06. The first-order valence-corrected chi connectivity index (χ1v) is 17.0. The zero-order valence-corrected chi connectivity index (χ0v) is 27.3. The number of hydrogen-bond donors (Lipinski definition) is 0. The van der Waals surface area contributed by atoms with E-state index >= 15 is 0 Å². The monoisotopic (exact) mass is 621 g/mol. The summed E-state index contributed by atoms with van der Waals surface area (Å²) >= 11 is 0. The third kappa shape index (κ3) is 4.81. The van der Waals surface area contributed by atoms with E-state index in [1.807, 2.05) is 12.2 Å². The van der Waals surface area contributed by atoms with Gasteiger partial charge in [0.25, 0.3) is 0 Å². The van der Waals surface area contributed by atoms with E-state index in [2.05, 4.69) is 182 Å². The molecule has 2 aliphatic rings. The standard InChI is InChI=1S/C46H33B2N/c1-3-32-17-21-34(22-18-32)35-25-28-39(29-26-35)48-40-13-8-9-16-44(40)49-45-31-37(36-23-19-33(4-2)20-24-36)27-30-41(45)47(38-11-6-5-7-12-38)42-14-10-15-43(48)46(42)49/h3-31H,1-2H2. The fraction of sp³-hybridized carbons (Fsp3) is 0. The first kappa shape index (κ1) is 29.1. The summed E-state index contributed by atoms with van der Waals surface area (Å²) in [5, 5.41) is 0. The van der Waals surface area contributed by atoms with Crippen LogP contribution in [0.4, 0.5) is 17.1 Å². The zero-order chi connectivity index (χ0) is 32.9. The molecule has 7 aromatic carbocycles. The van der Waals surface area contributed by atoms with Crippen molar-refractivity contribution in [2.24, 2.45) is 0 Å². The Balaban J connectivity index is 1.24. The number of rotatable bonds is 6. The van der Waals surface area contributed by atoms with Crippen molar-refractivity contribution in [1.29, 1.82) is 0 Å². The lowest BCUT2D eigenvalue weighted by molar-refractivity contribution is 1.30. The third-order valence-corrected chi connectivity index (χ3v) is 10.4. The third-order valence-electron chi connectivity index (χ3n) is 10.4. The maximum absolute atomic E-state index is 3.95. The van der Waals surface area contributed by atoms with Crippen LogP contribution in [0.25, 0.3) is 34.4 Å². The van der Waals surface area contributed by atoms with Crippen molar-refractivity contribution >= 4 is 75.4 Å². The van der Waals surface area contributed by atoms with Gasteiger partial charge < -0.3 is 4.90 Å². The van der Waals surface area contributed by atoms with Gasteiger partial charge in [0.15, 0.2) is 0 Å². The second kappa shape index (κ2) is 11.9. The second-order valence-electron chi connectivity index (χ2n) is 13.0. The molecule has 3 heteroatoms. The van der Waals surface area contributed by atoms with Crippen LogP contribution >= 0.6 is 0 Å². The van der Waals surface area contributed by atoms with Crippen molar-refractivity contribution < 1.29 is 0 Å². The molecule has 2 heterocycles. The lowest BCUT2D eigenvalue weighted by Gasteiger charge is -2.44. The summed E-state index contributed by atoms with van der Waals surface area (Å²) in [6.45, 7) is 8.08. The predicted molar refractivity (Wildman–Crippen MR) is 214 cm³/mol. The first-order chi connectivity index (χ1) is 24.2. The molecule has 0 N–H and O–H groups in total. The average molecular weight is 621 g/mol. The molecule has 49 heavy (non-hydrogen) atoms. The molecule has 0 aliphatic carbocycles. The van der Waals surface area contributed by atoms with E-state index in [1.165, 1.54) is 72.1 Å². The quantitative estimate of drug-likeness (QED) is 0.175. The highest BCUT2D eigenvalue weighted by molar-refractivity contribution is 7.02. The molecule has 228 valence electrons. The maximum Gasteiger partial charge on any atom is 0.246 e. The molecule has 7 aromatic rings. The average Bonchev–Trinajstić information content (AvgIpc) is 3.18. The van der Waals surface area contributed by atoms with Crippen molar-refractivity contribution in [1.82, 2.24) is 0 Å². The molecule has 0 unspecified atom stereocenters. The summed E-state index contributed by atoms with van der Waals surface area (Å²) in [6.07, 6.45) is 3.79. The van der Waals surface area contributed by atoms with Gasteiger partial charge in [-0.25, -0.2) is 0 Å². The zero-order valence-electron chi connectivity index (χ0n) is 27.3. The number of anilines is 3. The number of benzene rings is 7. The molecule has 0 saturated carbocycles. The smallest absolute Gasteiger partial charge is 0.246 e. The molecular weight excluding hydrogens is 588 g/mol. The highest BCUT2D eigenvalue weighted by Crippen LogP contribution is 2.39. The van der Waals surface area contributed by atoms with Crippen LogP contribution in [0, 0.1) is 0 Å². The van der Waals surface area contributed by atoms with Gasteiger partial charge in [0.05, 0.1) is 0 Å². The normalized spacial score (nSPS) is 12.5. The van der Waals surface area contributed by atoms with Gasteiger partial charge >= 0.3 is 0 Å². The Bertz CT molecular complexity index is 2360. The van der Waals surface area contributed by atoms with Crippen molar-refractivity contribution in [2.45, 2.75) is 0 Å². The molecule has 0 bridgehead atoms. The van der Waals surface area contributed by atoms with Gasteiger partial charge in [-0.05, 0) is 67.4 Å². The minimum Gasteiger partial charge on any atom is -0.313 e. The highest BCUT2D eigenvalue weighted by atomic mass is 15.2. The molecular formula is C46H33B2N. The number of hydrogen-bond acceptors (Lipinski definition) is 1. The summed E-state index contributed by atoms with van der Waals surface area (Å²) in [7, 11) is 0. The lowest BCUT2D eigenvalue weighted by atomic mass is 9.30. The lowest BCUT2D eigenvalue weighted by Crippen LogP contribution is -2.64. The minimum atomic E-state index is 0.104. The molecule has 0 saturated heterocycles. The van der Waals surface area contributed by atoms with Crippen molar-refractivity contribution in [3.63, 3.8) is 0 Å². The maximum atomic E-state index is 3.95. The molecule has 0 spiro atoms. The van der Waals surface area contributed by atoms with E-state index in [4.69, 9.17) is 0 Å². The highest BCUT2D eigenvalue weighted by Gasteiger charge is 2.43. The van der Waals surface area contributed by atoms with Crippen LogP contribution in [0.15, 0.2) is 177 Å². The largest absolute Gasteiger partial charge is 0.313 e. The molecule has 0 fully saturated rings. The summed E-state index contributed by atoms with van der Waals surface area (Å²) in [5.74, 6) is 0. The van der Waals surface area contributed by atoms with Crippen LogP contribution in [0.3, 0.4) is 0 Å². The molecule has 1 nitrogen and oxygen atoms in total. The molecule has 0 radical (unpaired) electrons. The molecule has 0 amide bonds. The van der Waals surface area contributed by atoms with Crippen LogP contribution in [0.2, 0.25) is 0 Å². The molecule has 2 aliphatic heterocycles. The summed E-state index contributed by atoms with van der Waals surface area (Å²) in [4.78, 5) is 2.54. The summed E-state index contributed by atoms with van der Waals surface area (Å²) < 4.78 is 0. The fourth-order valence-corrected chi connectivity index (χ4v) is 7.96. The van der Waals surface area contributed by atoms with Gasteiger partial charge in [0.1, 0.15) is 0 Å². The second-order valence-corrected chi connectivity index (χ2v) is 13.0. The van der Waals surface area contributed by atoms with E-state index in [9.17, 15) is 0 Å². The number of fused-ring (bicyclic) bond motifs is 4. The van der Waals surface area contributed by atoms with Gasteiger partial charge in [-0.1, -0.05) is 188 Å². The Labute approximate surface area is 289 Å². The van der Waals surface area contributed by atoms with E-state index in [0.29, 0.717) is 0 Å².